The Morgan fingerprint density at radius 3 is 2.84 bits per heavy atom. The number of aryl methyl sites for hydroxylation is 1. The van der Waals surface area contributed by atoms with Gasteiger partial charge >= 0.3 is 0 Å². The van der Waals surface area contributed by atoms with Crippen molar-refractivity contribution in [1.82, 2.24) is 5.32 Å². The molecule has 0 aliphatic heterocycles. The maximum absolute atomic E-state index is 3.62. The third kappa shape index (κ3) is 3.61. The molecule has 2 heteroatoms. The van der Waals surface area contributed by atoms with Gasteiger partial charge < -0.3 is 5.32 Å². The Hall–Kier alpha value is -0.340. The summed E-state index contributed by atoms with van der Waals surface area (Å²) in [5.74, 6) is 1.72. The molecule has 1 N–H and O–H groups in total. The molecule has 0 spiro atoms. The van der Waals surface area contributed by atoms with Crippen LogP contribution in [0.1, 0.15) is 56.2 Å². The molecule has 0 bridgehead atoms. The molecule has 106 valence electrons. The van der Waals surface area contributed by atoms with Crippen LogP contribution in [0.4, 0.5) is 0 Å². The van der Waals surface area contributed by atoms with E-state index in [1.807, 2.05) is 0 Å². The summed E-state index contributed by atoms with van der Waals surface area (Å²) in [7, 11) is 2.11. The van der Waals surface area contributed by atoms with Crippen LogP contribution in [0.2, 0.25) is 0 Å². The first-order valence-electron chi connectivity index (χ1n) is 7.59. The quantitative estimate of drug-likeness (QED) is 0.799. The Morgan fingerprint density at radius 2 is 2.16 bits per heavy atom. The Labute approximate surface area is 126 Å². The molecule has 1 aliphatic carbocycles. The van der Waals surface area contributed by atoms with Gasteiger partial charge in [0.15, 0.2) is 0 Å². The second-order valence-electron chi connectivity index (χ2n) is 5.97. The van der Waals surface area contributed by atoms with Gasteiger partial charge in [-0.3, -0.25) is 0 Å². The van der Waals surface area contributed by atoms with Gasteiger partial charge in [-0.15, -0.1) is 0 Å². The van der Waals surface area contributed by atoms with Gasteiger partial charge in [-0.2, -0.15) is 0 Å². The molecule has 0 amide bonds. The molecule has 0 heterocycles. The molecule has 1 fully saturated rings. The lowest BCUT2D eigenvalue weighted by molar-refractivity contribution is 0.214. The smallest absolute Gasteiger partial charge is 0.0349 e. The van der Waals surface area contributed by atoms with E-state index in [-0.39, 0.29) is 0 Å². The molecule has 1 aromatic rings. The zero-order valence-corrected chi connectivity index (χ0v) is 14.0. The van der Waals surface area contributed by atoms with Crippen LogP contribution < -0.4 is 5.32 Å². The first-order chi connectivity index (χ1) is 9.15. The number of rotatable bonds is 4. The van der Waals surface area contributed by atoms with Gasteiger partial charge in [-0.1, -0.05) is 48.2 Å². The van der Waals surface area contributed by atoms with E-state index in [4.69, 9.17) is 0 Å². The fourth-order valence-corrected chi connectivity index (χ4v) is 3.98. The third-order valence-corrected chi connectivity index (χ3v) is 5.25. The van der Waals surface area contributed by atoms with Gasteiger partial charge in [0.25, 0.3) is 0 Å². The lowest BCUT2D eigenvalue weighted by atomic mass is 9.74. The number of halogens is 1. The Balaban J connectivity index is 2.21. The van der Waals surface area contributed by atoms with Crippen LogP contribution in [0, 0.1) is 18.8 Å². The van der Waals surface area contributed by atoms with Crippen molar-refractivity contribution in [2.45, 2.75) is 52.0 Å². The molecule has 1 aliphatic rings. The first-order valence-corrected chi connectivity index (χ1v) is 8.38. The summed E-state index contributed by atoms with van der Waals surface area (Å²) in [6.07, 6.45) is 6.92. The number of hydrogen-bond donors (Lipinski definition) is 1. The topological polar surface area (TPSA) is 12.0 Å². The van der Waals surface area contributed by atoms with Crippen LogP contribution in [0.3, 0.4) is 0 Å². The molecule has 1 nitrogen and oxygen atoms in total. The first kappa shape index (κ1) is 15.1. The summed E-state index contributed by atoms with van der Waals surface area (Å²) >= 11 is 3.62. The van der Waals surface area contributed by atoms with E-state index in [0.29, 0.717) is 6.04 Å². The minimum absolute atomic E-state index is 0.506. The van der Waals surface area contributed by atoms with Crippen LogP contribution in [-0.2, 0) is 0 Å². The molecule has 1 saturated carbocycles. The van der Waals surface area contributed by atoms with Crippen molar-refractivity contribution in [3.63, 3.8) is 0 Å². The van der Waals surface area contributed by atoms with Crippen LogP contribution in [-0.4, -0.2) is 7.05 Å². The predicted octanol–water partition coefficient (Wildman–Crippen LogP) is 5.23. The van der Waals surface area contributed by atoms with E-state index in [2.05, 4.69) is 60.3 Å². The molecule has 2 rings (SSSR count). The molecular formula is C17H26BrN. The largest absolute Gasteiger partial charge is 0.313 e. The molecule has 3 unspecified atom stereocenters. The SMILES string of the molecule is CCC1CCCC(C(NC)c2cc(Br)ccc2C)C1. The maximum Gasteiger partial charge on any atom is 0.0349 e. The van der Waals surface area contributed by atoms with Gasteiger partial charge in [0.1, 0.15) is 0 Å². The normalized spacial score (nSPS) is 25.3. The Morgan fingerprint density at radius 1 is 1.37 bits per heavy atom. The number of benzene rings is 1. The van der Waals surface area contributed by atoms with E-state index in [1.165, 1.54) is 47.7 Å². The molecule has 19 heavy (non-hydrogen) atoms. The Bertz CT molecular complexity index is 416. The lowest BCUT2D eigenvalue weighted by Gasteiger charge is -2.35. The van der Waals surface area contributed by atoms with Crippen LogP contribution in [0.5, 0.6) is 0 Å². The summed E-state index contributed by atoms with van der Waals surface area (Å²) in [5.41, 5.74) is 2.87. The van der Waals surface area contributed by atoms with E-state index in [0.717, 1.165) is 11.8 Å². The van der Waals surface area contributed by atoms with Gasteiger partial charge in [0.05, 0.1) is 0 Å². The summed E-state index contributed by atoms with van der Waals surface area (Å²) in [5, 5.41) is 3.58. The highest BCUT2D eigenvalue weighted by Gasteiger charge is 2.28. The molecule has 3 atom stereocenters. The fraction of sp³-hybridized carbons (Fsp3) is 0.647. The van der Waals surface area contributed by atoms with Crippen molar-refractivity contribution in [2.75, 3.05) is 7.05 Å². The van der Waals surface area contributed by atoms with Crippen LogP contribution in [0.25, 0.3) is 0 Å². The second-order valence-corrected chi connectivity index (χ2v) is 6.88. The monoisotopic (exact) mass is 323 g/mol. The summed E-state index contributed by atoms with van der Waals surface area (Å²) in [4.78, 5) is 0. The minimum Gasteiger partial charge on any atom is -0.313 e. The molecule has 0 radical (unpaired) electrons. The fourth-order valence-electron chi connectivity index (χ4n) is 3.60. The number of hydrogen-bond acceptors (Lipinski definition) is 1. The average Bonchev–Trinajstić information content (AvgIpc) is 2.44. The van der Waals surface area contributed by atoms with Gasteiger partial charge in [-0.05, 0) is 61.9 Å². The van der Waals surface area contributed by atoms with Crippen molar-refractivity contribution in [1.29, 1.82) is 0 Å². The van der Waals surface area contributed by atoms with Crippen molar-refractivity contribution in [3.8, 4) is 0 Å². The highest BCUT2D eigenvalue weighted by molar-refractivity contribution is 9.10. The van der Waals surface area contributed by atoms with E-state index in [9.17, 15) is 0 Å². The molecule has 1 aromatic carbocycles. The number of nitrogens with one attached hydrogen (secondary N) is 1. The predicted molar refractivity (Wildman–Crippen MR) is 86.4 cm³/mol. The lowest BCUT2D eigenvalue weighted by Crippen LogP contribution is -2.30. The minimum atomic E-state index is 0.506. The molecule has 0 aromatic heterocycles. The van der Waals surface area contributed by atoms with Crippen LogP contribution in [0.15, 0.2) is 22.7 Å². The molecular weight excluding hydrogens is 298 g/mol. The highest BCUT2D eigenvalue weighted by atomic mass is 79.9. The Kier molecular flexibility index (Phi) is 5.47. The van der Waals surface area contributed by atoms with E-state index in [1.54, 1.807) is 0 Å². The van der Waals surface area contributed by atoms with Crippen molar-refractivity contribution in [2.24, 2.45) is 11.8 Å². The van der Waals surface area contributed by atoms with Crippen molar-refractivity contribution < 1.29 is 0 Å². The van der Waals surface area contributed by atoms with E-state index < -0.39 is 0 Å². The van der Waals surface area contributed by atoms with Crippen molar-refractivity contribution in [3.05, 3.63) is 33.8 Å². The summed E-state index contributed by atoms with van der Waals surface area (Å²) in [6, 6.07) is 7.17. The zero-order valence-electron chi connectivity index (χ0n) is 12.4. The zero-order chi connectivity index (χ0) is 13.8. The summed E-state index contributed by atoms with van der Waals surface area (Å²) < 4.78 is 1.19. The van der Waals surface area contributed by atoms with Gasteiger partial charge in [-0.25, -0.2) is 0 Å². The van der Waals surface area contributed by atoms with E-state index >= 15 is 0 Å². The average molecular weight is 324 g/mol. The standard InChI is InChI=1S/C17H26BrN/c1-4-13-6-5-7-14(10-13)17(19-3)16-11-15(18)9-8-12(16)2/h8-9,11,13-14,17,19H,4-7,10H2,1-3H3. The van der Waals surface area contributed by atoms with Gasteiger partial charge in [0, 0.05) is 10.5 Å². The van der Waals surface area contributed by atoms with Crippen LogP contribution >= 0.6 is 15.9 Å². The summed E-state index contributed by atoms with van der Waals surface area (Å²) in [6.45, 7) is 4.57. The second kappa shape index (κ2) is 6.90. The van der Waals surface area contributed by atoms with Gasteiger partial charge in [0.2, 0.25) is 0 Å². The third-order valence-electron chi connectivity index (χ3n) is 4.76. The highest BCUT2D eigenvalue weighted by Crippen LogP contribution is 2.39. The maximum atomic E-state index is 3.62. The van der Waals surface area contributed by atoms with Crippen molar-refractivity contribution >= 4 is 15.9 Å². The molecule has 0 saturated heterocycles.